The fourth-order valence-electron chi connectivity index (χ4n) is 3.70. The summed E-state index contributed by atoms with van der Waals surface area (Å²) < 4.78 is 33.5. The van der Waals surface area contributed by atoms with Gasteiger partial charge in [0.1, 0.15) is 0 Å². The maximum Gasteiger partial charge on any atom is 1.00 e. The zero-order chi connectivity index (χ0) is 20.4. The molecule has 0 amide bonds. The van der Waals surface area contributed by atoms with E-state index < -0.39 is 15.4 Å². The monoisotopic (exact) mass is 444 g/mol. The van der Waals surface area contributed by atoms with Crippen molar-refractivity contribution in [2.24, 2.45) is 0 Å². The Labute approximate surface area is 218 Å². The average molecular weight is 445 g/mol. The van der Waals surface area contributed by atoms with Crippen LogP contribution in [0.2, 0.25) is 0 Å². The average Bonchev–Trinajstić information content (AvgIpc) is 2.61. The van der Waals surface area contributed by atoms with Crippen LogP contribution in [-0.2, 0) is 10.1 Å². The first-order valence-electron chi connectivity index (χ1n) is 11.5. The third-order valence-corrected chi connectivity index (χ3v) is 6.76. The minimum absolute atomic E-state index is 0. The Morgan fingerprint density at radius 3 is 1.50 bits per heavy atom. The standard InChI is InChI=1S/C22H46O4S.K/c1-3-5-6-7-8-9-10-11-12-13-14-15-18-21(23)19-16-20-22(17-4-2)27(24,25)26;/h21-23H,3-20H2,1-2H3,(H,24,25,26);/q;+1/p-1. The van der Waals surface area contributed by atoms with Crippen LogP contribution in [0.4, 0.5) is 0 Å². The van der Waals surface area contributed by atoms with Crippen molar-refractivity contribution in [2.45, 2.75) is 141 Å². The Morgan fingerprint density at radius 1 is 0.643 bits per heavy atom. The smallest absolute Gasteiger partial charge is 0.748 e. The molecule has 2 unspecified atom stereocenters. The van der Waals surface area contributed by atoms with Crippen LogP contribution in [0, 0.1) is 0 Å². The van der Waals surface area contributed by atoms with Crippen LogP contribution in [0.1, 0.15) is 129 Å². The second-order valence-electron chi connectivity index (χ2n) is 8.17. The fraction of sp³-hybridized carbons (Fsp3) is 1.00. The molecule has 0 aromatic rings. The molecule has 0 saturated heterocycles. The summed E-state index contributed by atoms with van der Waals surface area (Å²) in [6, 6.07) is 0. The molecule has 1 N–H and O–H groups in total. The van der Waals surface area contributed by atoms with E-state index in [9.17, 15) is 18.1 Å². The molecular formula is C22H45KO4S. The summed E-state index contributed by atoms with van der Waals surface area (Å²) in [4.78, 5) is 0. The summed E-state index contributed by atoms with van der Waals surface area (Å²) in [5.74, 6) is 0. The summed E-state index contributed by atoms with van der Waals surface area (Å²) in [7, 11) is -4.20. The summed E-state index contributed by atoms with van der Waals surface area (Å²) in [6.45, 7) is 4.14. The Morgan fingerprint density at radius 2 is 1.07 bits per heavy atom. The molecular weight excluding hydrogens is 399 g/mol. The van der Waals surface area contributed by atoms with Crippen LogP contribution in [0.3, 0.4) is 0 Å². The minimum Gasteiger partial charge on any atom is -0.748 e. The quantitative estimate of drug-likeness (QED) is 0.177. The minimum atomic E-state index is -4.20. The molecule has 4 nitrogen and oxygen atoms in total. The Bertz CT molecular complexity index is 415. The third kappa shape index (κ3) is 20.8. The number of aliphatic hydroxyl groups excluding tert-OH is 1. The molecule has 0 aliphatic rings. The Hall–Kier alpha value is 1.51. The van der Waals surface area contributed by atoms with Crippen molar-refractivity contribution in [3.63, 3.8) is 0 Å². The first kappa shape index (κ1) is 31.7. The molecule has 0 rings (SSSR count). The number of hydrogen-bond acceptors (Lipinski definition) is 4. The van der Waals surface area contributed by atoms with Gasteiger partial charge in [-0.1, -0.05) is 97.3 Å². The van der Waals surface area contributed by atoms with Gasteiger partial charge in [-0.25, -0.2) is 8.42 Å². The molecule has 6 heteroatoms. The van der Waals surface area contributed by atoms with Gasteiger partial charge in [-0.15, -0.1) is 0 Å². The van der Waals surface area contributed by atoms with Crippen molar-refractivity contribution in [1.29, 1.82) is 0 Å². The summed E-state index contributed by atoms with van der Waals surface area (Å²) in [5.41, 5.74) is 0. The first-order chi connectivity index (χ1) is 12.9. The van der Waals surface area contributed by atoms with Gasteiger partial charge in [-0.05, 0) is 32.1 Å². The molecule has 0 saturated carbocycles. The van der Waals surface area contributed by atoms with Crippen LogP contribution in [0.15, 0.2) is 0 Å². The van der Waals surface area contributed by atoms with E-state index in [0.717, 1.165) is 12.8 Å². The number of rotatable bonds is 20. The zero-order valence-electron chi connectivity index (χ0n) is 19.0. The predicted molar refractivity (Wildman–Crippen MR) is 114 cm³/mol. The van der Waals surface area contributed by atoms with Crippen LogP contribution in [-0.4, -0.2) is 29.4 Å². The molecule has 0 aliphatic heterocycles. The van der Waals surface area contributed by atoms with Gasteiger partial charge in [-0.2, -0.15) is 0 Å². The maximum absolute atomic E-state index is 11.2. The van der Waals surface area contributed by atoms with Crippen LogP contribution in [0.5, 0.6) is 0 Å². The van der Waals surface area contributed by atoms with Gasteiger partial charge in [0, 0.05) is 5.25 Å². The first-order valence-corrected chi connectivity index (χ1v) is 13.0. The largest absolute Gasteiger partial charge is 1.00 e. The SMILES string of the molecule is CCCCCCCCCCCCCCC(O)CCCC(CCC)S(=O)(=O)[O-].[K+]. The number of aliphatic hydroxyl groups is 1. The molecule has 0 heterocycles. The van der Waals surface area contributed by atoms with E-state index >= 15 is 0 Å². The predicted octanol–water partition coefficient (Wildman–Crippen LogP) is 3.33. The molecule has 28 heavy (non-hydrogen) atoms. The molecule has 0 aromatic carbocycles. The van der Waals surface area contributed by atoms with Crippen molar-refractivity contribution < 1.29 is 69.5 Å². The van der Waals surface area contributed by atoms with Gasteiger partial charge in [0.15, 0.2) is 0 Å². The fourth-order valence-corrected chi connectivity index (χ4v) is 4.68. The molecule has 0 fully saturated rings. The van der Waals surface area contributed by atoms with Gasteiger partial charge >= 0.3 is 51.4 Å². The molecule has 0 radical (unpaired) electrons. The zero-order valence-corrected chi connectivity index (χ0v) is 22.9. The van der Waals surface area contributed by atoms with Crippen molar-refractivity contribution >= 4 is 10.1 Å². The van der Waals surface area contributed by atoms with Crippen LogP contribution >= 0.6 is 0 Å². The van der Waals surface area contributed by atoms with Crippen LogP contribution < -0.4 is 51.4 Å². The van der Waals surface area contributed by atoms with E-state index in [1.807, 2.05) is 6.92 Å². The van der Waals surface area contributed by atoms with Gasteiger partial charge in [-0.3, -0.25) is 0 Å². The molecule has 2 atom stereocenters. The van der Waals surface area contributed by atoms with Crippen molar-refractivity contribution in [2.75, 3.05) is 0 Å². The number of unbranched alkanes of at least 4 members (excludes halogenated alkanes) is 11. The van der Waals surface area contributed by atoms with Crippen LogP contribution in [0.25, 0.3) is 0 Å². The summed E-state index contributed by atoms with van der Waals surface area (Å²) in [6.07, 6.45) is 18.9. The van der Waals surface area contributed by atoms with Crippen molar-refractivity contribution in [3.05, 3.63) is 0 Å². The van der Waals surface area contributed by atoms with E-state index in [2.05, 4.69) is 6.92 Å². The van der Waals surface area contributed by atoms with E-state index in [1.165, 1.54) is 70.6 Å². The molecule has 0 aromatic heterocycles. The molecule has 0 bridgehead atoms. The Balaban J connectivity index is 0. The van der Waals surface area contributed by atoms with E-state index in [4.69, 9.17) is 0 Å². The van der Waals surface area contributed by atoms with E-state index in [0.29, 0.717) is 32.1 Å². The topological polar surface area (TPSA) is 77.4 Å². The van der Waals surface area contributed by atoms with Gasteiger partial charge in [0.05, 0.1) is 16.2 Å². The van der Waals surface area contributed by atoms with E-state index in [1.54, 1.807) is 0 Å². The van der Waals surface area contributed by atoms with Crippen molar-refractivity contribution in [1.82, 2.24) is 0 Å². The number of hydrogen-bond donors (Lipinski definition) is 1. The summed E-state index contributed by atoms with van der Waals surface area (Å²) in [5, 5.41) is 9.25. The molecule has 0 spiro atoms. The van der Waals surface area contributed by atoms with Gasteiger partial charge < -0.3 is 9.66 Å². The molecule has 0 aliphatic carbocycles. The second-order valence-corrected chi connectivity index (χ2v) is 9.82. The maximum atomic E-state index is 11.2. The second kappa shape index (κ2) is 21.7. The van der Waals surface area contributed by atoms with Crippen molar-refractivity contribution in [3.8, 4) is 0 Å². The van der Waals surface area contributed by atoms with Gasteiger partial charge in [0.25, 0.3) is 0 Å². The molecule has 164 valence electrons. The normalized spacial score (nSPS) is 13.9. The van der Waals surface area contributed by atoms with Gasteiger partial charge in [0.2, 0.25) is 0 Å². The van der Waals surface area contributed by atoms with E-state index in [-0.39, 0.29) is 57.5 Å². The summed E-state index contributed by atoms with van der Waals surface area (Å²) >= 11 is 0. The Kier molecular flexibility index (Phi) is 24.6. The third-order valence-electron chi connectivity index (χ3n) is 5.47.